The molecule has 0 radical (unpaired) electrons. The Kier molecular flexibility index (Phi) is 6.92. The number of amides is 1. The summed E-state index contributed by atoms with van der Waals surface area (Å²) in [5, 5.41) is 7.56. The van der Waals surface area contributed by atoms with E-state index in [0.717, 1.165) is 21.5 Å². The number of carbonyl (C=O) groups is 1. The zero-order valence-electron chi connectivity index (χ0n) is 16.6. The first kappa shape index (κ1) is 21.3. The van der Waals surface area contributed by atoms with Crippen molar-refractivity contribution in [3.63, 3.8) is 0 Å². The van der Waals surface area contributed by atoms with Gasteiger partial charge >= 0.3 is 0 Å². The van der Waals surface area contributed by atoms with Crippen LogP contribution in [0.15, 0.2) is 34.6 Å². The van der Waals surface area contributed by atoms with Gasteiger partial charge < -0.3 is 14.8 Å². The molecule has 0 unspecified atom stereocenters. The molecule has 0 bridgehead atoms. The van der Waals surface area contributed by atoms with Crippen molar-refractivity contribution in [1.29, 1.82) is 0 Å². The molecule has 3 rings (SSSR count). The van der Waals surface area contributed by atoms with E-state index in [9.17, 15) is 4.79 Å². The second kappa shape index (κ2) is 9.41. The molecule has 1 aromatic carbocycles. The van der Waals surface area contributed by atoms with Crippen LogP contribution in [0.4, 0.5) is 0 Å². The molecule has 0 spiro atoms. The van der Waals surface area contributed by atoms with Crippen LogP contribution < -0.4 is 14.8 Å². The highest BCUT2D eigenvalue weighted by Crippen LogP contribution is 2.29. The molecular formula is C20H23BrN4O3S. The Balaban J connectivity index is 1.72. The number of aryl methyl sites for hydroxylation is 1. The zero-order valence-corrected chi connectivity index (χ0v) is 19.0. The standard InChI is InChI=1S/C20H23BrN4O3S/c1-4-27-17-7-6-13(10-18(17)28-5-2)8-9-25-19(26)15(23-20(25)29)11-16-14(21)12-22-24(16)3/h6-7,10-12H,4-5,8-9H2,1-3H3,(H,23,29)/b15-11+. The van der Waals surface area contributed by atoms with Crippen LogP contribution in [0.25, 0.3) is 6.08 Å². The predicted molar refractivity (Wildman–Crippen MR) is 119 cm³/mol. The van der Waals surface area contributed by atoms with Gasteiger partial charge in [-0.15, -0.1) is 0 Å². The van der Waals surface area contributed by atoms with E-state index in [1.54, 1.807) is 21.9 Å². The summed E-state index contributed by atoms with van der Waals surface area (Å²) < 4.78 is 13.8. The van der Waals surface area contributed by atoms with Gasteiger partial charge in [0.2, 0.25) is 0 Å². The monoisotopic (exact) mass is 478 g/mol. The quantitative estimate of drug-likeness (QED) is 0.463. The highest BCUT2D eigenvalue weighted by atomic mass is 79.9. The normalized spacial score (nSPS) is 15.2. The number of halogens is 1. The Morgan fingerprint density at radius 3 is 2.62 bits per heavy atom. The van der Waals surface area contributed by atoms with Gasteiger partial charge in [-0.25, -0.2) is 0 Å². The molecule has 9 heteroatoms. The van der Waals surface area contributed by atoms with Crippen molar-refractivity contribution < 1.29 is 14.3 Å². The Labute approximate surface area is 183 Å². The molecule has 0 saturated carbocycles. The summed E-state index contributed by atoms with van der Waals surface area (Å²) in [5.74, 6) is 1.28. The fraction of sp³-hybridized carbons (Fsp3) is 0.350. The summed E-state index contributed by atoms with van der Waals surface area (Å²) in [4.78, 5) is 14.4. The average Bonchev–Trinajstić information content (AvgIpc) is 3.15. The van der Waals surface area contributed by atoms with Crippen molar-refractivity contribution in [2.24, 2.45) is 7.05 Å². The lowest BCUT2D eigenvalue weighted by molar-refractivity contribution is -0.122. The summed E-state index contributed by atoms with van der Waals surface area (Å²) in [6, 6.07) is 5.83. The van der Waals surface area contributed by atoms with Crippen molar-refractivity contribution in [3.8, 4) is 11.5 Å². The fourth-order valence-corrected chi connectivity index (χ4v) is 3.73. The van der Waals surface area contributed by atoms with Crippen LogP contribution in [0, 0.1) is 0 Å². The van der Waals surface area contributed by atoms with Gasteiger partial charge in [-0.05, 0) is 72.2 Å². The molecule has 1 N–H and O–H groups in total. The maximum absolute atomic E-state index is 12.8. The number of carbonyl (C=O) groups excluding carboxylic acids is 1. The third-order valence-corrected chi connectivity index (χ3v) is 5.35. The third kappa shape index (κ3) is 4.79. The molecule has 1 aliphatic heterocycles. The van der Waals surface area contributed by atoms with E-state index < -0.39 is 0 Å². The van der Waals surface area contributed by atoms with Crippen LogP contribution in [0.3, 0.4) is 0 Å². The zero-order chi connectivity index (χ0) is 21.0. The lowest BCUT2D eigenvalue weighted by Crippen LogP contribution is -2.32. The maximum atomic E-state index is 12.8. The van der Waals surface area contributed by atoms with E-state index >= 15 is 0 Å². The first-order chi connectivity index (χ1) is 13.9. The lowest BCUT2D eigenvalue weighted by Gasteiger charge is -2.15. The number of ether oxygens (including phenoxy) is 2. The minimum Gasteiger partial charge on any atom is -0.490 e. The van der Waals surface area contributed by atoms with Gasteiger partial charge in [0.25, 0.3) is 5.91 Å². The summed E-state index contributed by atoms with van der Waals surface area (Å²) in [5.41, 5.74) is 2.26. The second-order valence-corrected chi connectivity index (χ2v) is 7.58. The predicted octanol–water partition coefficient (Wildman–Crippen LogP) is 3.28. The van der Waals surface area contributed by atoms with E-state index in [2.05, 4.69) is 26.3 Å². The van der Waals surface area contributed by atoms with Crippen LogP contribution in [0.1, 0.15) is 25.1 Å². The molecular weight excluding hydrogens is 456 g/mol. The number of nitrogens with one attached hydrogen (secondary N) is 1. The average molecular weight is 479 g/mol. The molecule has 1 amide bonds. The van der Waals surface area contributed by atoms with Gasteiger partial charge in [0.15, 0.2) is 16.6 Å². The molecule has 1 fully saturated rings. The number of thiocarbonyl (C=S) groups is 1. The molecule has 0 atom stereocenters. The van der Waals surface area contributed by atoms with Crippen molar-refractivity contribution in [1.82, 2.24) is 20.0 Å². The van der Waals surface area contributed by atoms with Gasteiger partial charge in [0.1, 0.15) is 5.70 Å². The van der Waals surface area contributed by atoms with Crippen LogP contribution in [0.5, 0.6) is 11.5 Å². The van der Waals surface area contributed by atoms with Crippen LogP contribution in [0.2, 0.25) is 0 Å². The van der Waals surface area contributed by atoms with Gasteiger partial charge in [-0.3, -0.25) is 14.4 Å². The SMILES string of the molecule is CCOc1ccc(CCN2C(=O)/C(=C\c3c(Br)cnn3C)NC2=S)cc1OCC. The Morgan fingerprint density at radius 1 is 1.24 bits per heavy atom. The molecule has 1 aliphatic rings. The minimum atomic E-state index is -0.154. The topological polar surface area (TPSA) is 68.6 Å². The second-order valence-electron chi connectivity index (χ2n) is 6.34. The van der Waals surface area contributed by atoms with Crippen molar-refractivity contribution in [3.05, 3.63) is 45.8 Å². The molecule has 154 valence electrons. The van der Waals surface area contributed by atoms with E-state index in [1.807, 2.05) is 39.1 Å². The number of benzene rings is 1. The van der Waals surface area contributed by atoms with Gasteiger partial charge in [-0.2, -0.15) is 5.10 Å². The number of aromatic nitrogens is 2. The molecule has 0 aliphatic carbocycles. The summed E-state index contributed by atoms with van der Waals surface area (Å²) in [6.45, 7) is 5.47. The number of nitrogens with zero attached hydrogens (tertiary/aromatic N) is 3. The molecule has 1 saturated heterocycles. The van der Waals surface area contributed by atoms with E-state index in [4.69, 9.17) is 21.7 Å². The number of hydrogen-bond donors (Lipinski definition) is 1. The highest BCUT2D eigenvalue weighted by Gasteiger charge is 2.30. The van der Waals surface area contributed by atoms with E-state index in [-0.39, 0.29) is 5.91 Å². The summed E-state index contributed by atoms with van der Waals surface area (Å²) >= 11 is 8.80. The minimum absolute atomic E-state index is 0.154. The first-order valence-corrected chi connectivity index (χ1v) is 10.5. The Hall–Kier alpha value is -2.39. The Morgan fingerprint density at radius 2 is 1.97 bits per heavy atom. The van der Waals surface area contributed by atoms with E-state index in [0.29, 0.717) is 42.7 Å². The van der Waals surface area contributed by atoms with E-state index in [1.165, 1.54) is 0 Å². The highest BCUT2D eigenvalue weighted by molar-refractivity contribution is 9.10. The molecule has 1 aromatic heterocycles. The Bertz CT molecular complexity index is 938. The first-order valence-electron chi connectivity index (χ1n) is 9.35. The van der Waals surface area contributed by atoms with Gasteiger partial charge in [-0.1, -0.05) is 6.07 Å². The van der Waals surface area contributed by atoms with Crippen molar-refractivity contribution in [2.75, 3.05) is 19.8 Å². The molecule has 29 heavy (non-hydrogen) atoms. The molecule has 2 heterocycles. The fourth-order valence-electron chi connectivity index (χ4n) is 2.99. The third-order valence-electron chi connectivity index (χ3n) is 4.41. The van der Waals surface area contributed by atoms with Crippen molar-refractivity contribution in [2.45, 2.75) is 20.3 Å². The largest absolute Gasteiger partial charge is 0.490 e. The molecule has 7 nitrogen and oxygen atoms in total. The van der Waals surface area contributed by atoms with Gasteiger partial charge in [0, 0.05) is 13.6 Å². The van der Waals surface area contributed by atoms with Gasteiger partial charge in [0.05, 0.1) is 29.6 Å². The smallest absolute Gasteiger partial charge is 0.276 e. The molecule has 2 aromatic rings. The van der Waals surface area contributed by atoms with Crippen LogP contribution in [-0.4, -0.2) is 45.5 Å². The lowest BCUT2D eigenvalue weighted by atomic mass is 10.1. The van der Waals surface area contributed by atoms with Crippen molar-refractivity contribution >= 4 is 45.2 Å². The van der Waals surface area contributed by atoms with Crippen LogP contribution in [-0.2, 0) is 18.3 Å². The van der Waals surface area contributed by atoms with Crippen LogP contribution >= 0.6 is 28.1 Å². The number of rotatable bonds is 8. The maximum Gasteiger partial charge on any atom is 0.276 e. The number of hydrogen-bond acceptors (Lipinski definition) is 5. The summed E-state index contributed by atoms with van der Waals surface area (Å²) in [6.07, 6.45) is 4.07. The summed E-state index contributed by atoms with van der Waals surface area (Å²) in [7, 11) is 1.81.